The van der Waals surface area contributed by atoms with Crippen LogP contribution in [0.2, 0.25) is 0 Å². The van der Waals surface area contributed by atoms with Crippen LogP contribution in [0.3, 0.4) is 0 Å². The van der Waals surface area contributed by atoms with E-state index in [9.17, 15) is 0 Å². The number of halogens is 2. The van der Waals surface area contributed by atoms with E-state index in [1.807, 2.05) is 36.4 Å². The van der Waals surface area contributed by atoms with Crippen LogP contribution in [-0.2, 0) is 11.8 Å². The Labute approximate surface area is 275 Å². The normalized spacial score (nSPS) is 8.07. The van der Waals surface area contributed by atoms with Crippen molar-refractivity contribution in [2.75, 3.05) is 0 Å². The quantitative estimate of drug-likeness (QED) is 0.207. The summed E-state index contributed by atoms with van der Waals surface area (Å²) < 4.78 is 16.8. The molecule has 0 aliphatic heterocycles. The summed E-state index contributed by atoms with van der Waals surface area (Å²) in [6.07, 6.45) is 12.7. The largest absolute Gasteiger partial charge is 0.407 e. The van der Waals surface area contributed by atoms with Gasteiger partial charge in [-0.15, -0.1) is 29.6 Å². The molecule has 3 rings (SSSR count). The second-order valence-corrected chi connectivity index (χ2v) is 8.79. The Morgan fingerprint density at radius 2 is 1.09 bits per heavy atom. The van der Waals surface area contributed by atoms with E-state index in [2.05, 4.69) is 101 Å². The lowest BCUT2D eigenvalue weighted by atomic mass is 9.91. The van der Waals surface area contributed by atoms with Gasteiger partial charge < -0.3 is 14.2 Å². The molecule has 0 atom stereocenters. The predicted octanol–water partition coefficient (Wildman–Crippen LogP) is 7.21. The van der Waals surface area contributed by atoms with Crippen LogP contribution in [0.5, 0.6) is 17.2 Å². The zero-order valence-electron chi connectivity index (χ0n) is 24.2. The smallest absolute Gasteiger partial charge is 0.184 e. The molecule has 0 saturated heterocycles. The standard InChI is InChI=1S/C40H20Cl2O3/c1-4-7-10-11-12-13-14-17-23-43-36-20-18-19-32(26-36)37-27-35(31-42)38(28-34(37)30-41)33-21-22-39(44-24-15-8-5-2)40(29-33)45-25-16-9-6-3/h1,18-22,26-29H,30-31H2,2-3H3. The molecule has 0 aromatic heterocycles. The first kappa shape index (κ1) is 33.2. The molecule has 3 nitrogen and oxygen atoms in total. The Morgan fingerprint density at radius 3 is 1.69 bits per heavy atom. The molecule has 3 aromatic carbocycles. The fourth-order valence-electron chi connectivity index (χ4n) is 3.65. The highest BCUT2D eigenvalue weighted by molar-refractivity contribution is 6.18. The van der Waals surface area contributed by atoms with Gasteiger partial charge in [-0.3, -0.25) is 0 Å². The van der Waals surface area contributed by atoms with Gasteiger partial charge in [0.25, 0.3) is 0 Å². The molecular formula is C40H20Cl2O3. The lowest BCUT2D eigenvalue weighted by Crippen LogP contribution is -1.96. The number of hydrogen-bond donors (Lipinski definition) is 0. The van der Waals surface area contributed by atoms with Crippen LogP contribution in [0.25, 0.3) is 22.3 Å². The van der Waals surface area contributed by atoms with Gasteiger partial charge in [-0.05, 0) is 119 Å². The molecule has 0 spiro atoms. The molecule has 0 aliphatic rings. The summed E-state index contributed by atoms with van der Waals surface area (Å²) in [7, 11) is 0. The van der Waals surface area contributed by atoms with Crippen molar-refractivity contribution in [1.82, 2.24) is 0 Å². The minimum atomic E-state index is 0.240. The Bertz CT molecular complexity index is 2150. The van der Waals surface area contributed by atoms with Crippen LogP contribution >= 0.6 is 23.2 Å². The van der Waals surface area contributed by atoms with Crippen molar-refractivity contribution >= 4 is 23.2 Å². The number of benzene rings is 3. The second-order valence-electron chi connectivity index (χ2n) is 8.25. The first-order valence-electron chi connectivity index (χ1n) is 13.0. The summed E-state index contributed by atoms with van der Waals surface area (Å²) in [5.41, 5.74) is 5.22. The van der Waals surface area contributed by atoms with Crippen LogP contribution in [0.4, 0.5) is 0 Å². The van der Waals surface area contributed by atoms with Gasteiger partial charge in [0, 0.05) is 47.3 Å². The molecule has 0 amide bonds. The maximum atomic E-state index is 6.46. The van der Waals surface area contributed by atoms with Gasteiger partial charge in [0.1, 0.15) is 24.1 Å². The van der Waals surface area contributed by atoms with Crippen LogP contribution in [-0.4, -0.2) is 0 Å². The van der Waals surface area contributed by atoms with Crippen molar-refractivity contribution in [2.45, 2.75) is 25.6 Å². The molecule has 5 heteroatoms. The minimum Gasteiger partial charge on any atom is -0.407 e. The Hall–Kier alpha value is -6.32. The molecule has 0 saturated carbocycles. The number of rotatable bonds is 7. The van der Waals surface area contributed by atoms with Gasteiger partial charge in [-0.2, -0.15) is 0 Å². The molecule has 3 aromatic rings. The predicted molar refractivity (Wildman–Crippen MR) is 181 cm³/mol. The molecule has 0 radical (unpaired) electrons. The third-order valence-corrected chi connectivity index (χ3v) is 6.06. The van der Waals surface area contributed by atoms with Crippen LogP contribution in [0.15, 0.2) is 54.6 Å². The van der Waals surface area contributed by atoms with E-state index in [-0.39, 0.29) is 11.8 Å². The maximum absolute atomic E-state index is 6.46. The monoisotopic (exact) mass is 618 g/mol. The topological polar surface area (TPSA) is 27.7 Å². The molecule has 0 aliphatic carbocycles. The highest BCUT2D eigenvalue weighted by Gasteiger charge is 2.15. The van der Waals surface area contributed by atoms with Gasteiger partial charge in [-0.25, -0.2) is 0 Å². The molecule has 0 fully saturated rings. The fraction of sp³-hybridized carbons (Fsp3) is 0.100. The van der Waals surface area contributed by atoms with Crippen LogP contribution < -0.4 is 14.2 Å². The van der Waals surface area contributed by atoms with E-state index in [4.69, 9.17) is 43.8 Å². The summed E-state index contributed by atoms with van der Waals surface area (Å²) in [6.45, 7) is 3.38. The summed E-state index contributed by atoms with van der Waals surface area (Å²) in [5, 5.41) is 0. The van der Waals surface area contributed by atoms with Crippen LogP contribution in [0, 0.1) is 108 Å². The van der Waals surface area contributed by atoms with E-state index in [1.165, 1.54) is 0 Å². The third-order valence-electron chi connectivity index (χ3n) is 5.48. The molecular weight excluding hydrogens is 599 g/mol. The maximum Gasteiger partial charge on any atom is 0.184 e. The van der Waals surface area contributed by atoms with E-state index < -0.39 is 0 Å². The lowest BCUT2D eigenvalue weighted by molar-refractivity contribution is 0.452. The first-order chi connectivity index (χ1) is 22.1. The molecule has 212 valence electrons. The minimum absolute atomic E-state index is 0.240. The summed E-state index contributed by atoms with van der Waals surface area (Å²) in [6, 6.07) is 16.9. The zero-order chi connectivity index (χ0) is 32.1. The van der Waals surface area contributed by atoms with Crippen molar-refractivity contribution in [3.8, 4) is 147 Å². The van der Waals surface area contributed by atoms with Gasteiger partial charge in [0.2, 0.25) is 0 Å². The Balaban J connectivity index is 1.98. The summed E-state index contributed by atoms with van der Waals surface area (Å²) in [4.78, 5) is 0. The second kappa shape index (κ2) is 19.0. The molecule has 0 bridgehead atoms. The SMILES string of the molecule is C#CC#CC#CC#CC#COc1cccc(-c2cc(CCl)c(-c3ccc(OC#CC#CC)c(OC#CC#CC)c3)cc2CCl)c1. The first-order valence-corrected chi connectivity index (χ1v) is 14.0. The van der Waals surface area contributed by atoms with Gasteiger partial charge >= 0.3 is 0 Å². The Morgan fingerprint density at radius 1 is 0.556 bits per heavy atom. The number of terminal acetylenes is 1. The third kappa shape index (κ3) is 10.5. The van der Waals surface area contributed by atoms with E-state index >= 15 is 0 Å². The highest BCUT2D eigenvalue weighted by Crippen LogP contribution is 2.38. The summed E-state index contributed by atoms with van der Waals surface area (Å²) in [5.74, 6) is 37.3. The summed E-state index contributed by atoms with van der Waals surface area (Å²) >= 11 is 12.9. The highest BCUT2D eigenvalue weighted by atomic mass is 35.5. The average molecular weight is 620 g/mol. The molecule has 0 unspecified atom stereocenters. The van der Waals surface area contributed by atoms with Crippen molar-refractivity contribution in [3.63, 3.8) is 0 Å². The van der Waals surface area contributed by atoms with Gasteiger partial charge in [-0.1, -0.05) is 30.0 Å². The Kier molecular flexibility index (Phi) is 14.0. The average Bonchev–Trinajstić information content (AvgIpc) is 3.07. The fourth-order valence-corrected chi connectivity index (χ4v) is 4.10. The van der Waals surface area contributed by atoms with E-state index in [1.54, 1.807) is 32.0 Å². The zero-order valence-corrected chi connectivity index (χ0v) is 25.7. The van der Waals surface area contributed by atoms with Gasteiger partial charge in [0.05, 0.1) is 0 Å². The van der Waals surface area contributed by atoms with Crippen molar-refractivity contribution in [1.29, 1.82) is 0 Å². The molecule has 45 heavy (non-hydrogen) atoms. The van der Waals surface area contributed by atoms with Crippen molar-refractivity contribution < 1.29 is 14.2 Å². The van der Waals surface area contributed by atoms with Crippen LogP contribution in [0.1, 0.15) is 25.0 Å². The molecule has 0 heterocycles. The van der Waals surface area contributed by atoms with E-state index in [0.717, 1.165) is 33.4 Å². The number of hydrogen-bond acceptors (Lipinski definition) is 3. The number of alkyl halides is 2. The van der Waals surface area contributed by atoms with Crippen molar-refractivity contribution in [3.05, 3.63) is 65.7 Å². The molecule has 0 N–H and O–H groups in total. The van der Waals surface area contributed by atoms with Crippen molar-refractivity contribution in [2.24, 2.45) is 0 Å². The number of ether oxygens (including phenoxy) is 3. The van der Waals surface area contributed by atoms with E-state index in [0.29, 0.717) is 17.2 Å². The van der Waals surface area contributed by atoms with Gasteiger partial charge in [0.15, 0.2) is 11.5 Å². The lowest BCUT2D eigenvalue weighted by Gasteiger charge is -2.16.